The third-order valence-corrected chi connectivity index (χ3v) is 7.43. The van der Waals surface area contributed by atoms with Crippen LogP contribution in [0.25, 0.3) is 0 Å². The van der Waals surface area contributed by atoms with Gasteiger partial charge in [0, 0.05) is 52.9 Å². The lowest BCUT2D eigenvalue weighted by atomic mass is 10.1. The number of sulfonamides is 1. The Labute approximate surface area is 170 Å². The zero-order valence-corrected chi connectivity index (χ0v) is 17.8. The zero-order valence-electron chi connectivity index (χ0n) is 16.9. The molecule has 2 aliphatic heterocycles. The van der Waals surface area contributed by atoms with Gasteiger partial charge in [-0.3, -0.25) is 14.9 Å². The minimum atomic E-state index is -3.82. The number of hydrogen-bond donors (Lipinski definition) is 0. The number of likely N-dealkylation sites (N-methyl/N-ethyl adjacent to an activating group) is 2. The molecule has 1 unspecified atom stereocenters. The second-order valence-electron chi connectivity index (χ2n) is 7.70. The lowest BCUT2D eigenvalue weighted by Crippen LogP contribution is -2.47. The van der Waals surface area contributed by atoms with Gasteiger partial charge in [-0.05, 0) is 32.0 Å². The molecule has 0 aliphatic carbocycles. The molecule has 0 saturated carbocycles. The largest absolute Gasteiger partial charge is 0.354 e. The molecule has 0 spiro atoms. The predicted octanol–water partition coefficient (Wildman–Crippen LogP) is 0.588. The molecule has 2 heterocycles. The Morgan fingerprint density at radius 2 is 1.83 bits per heavy atom. The first-order valence-electron chi connectivity index (χ1n) is 9.58. The predicted molar refractivity (Wildman–Crippen MR) is 108 cm³/mol. The van der Waals surface area contributed by atoms with Gasteiger partial charge in [-0.2, -0.15) is 4.31 Å². The van der Waals surface area contributed by atoms with E-state index in [1.165, 1.54) is 21.3 Å². The molecule has 0 aromatic heterocycles. The molecular weight excluding hydrogens is 398 g/mol. The number of nitrogens with zero attached hydrogens (tertiary/aromatic N) is 5. The van der Waals surface area contributed by atoms with Crippen LogP contribution in [-0.2, 0) is 14.8 Å². The van der Waals surface area contributed by atoms with Crippen LogP contribution < -0.4 is 4.90 Å². The number of nitro groups is 1. The van der Waals surface area contributed by atoms with Crippen molar-refractivity contribution in [1.29, 1.82) is 0 Å². The average molecular weight is 426 g/mol. The van der Waals surface area contributed by atoms with E-state index in [-0.39, 0.29) is 22.2 Å². The van der Waals surface area contributed by atoms with E-state index in [1.807, 2.05) is 11.9 Å². The highest BCUT2D eigenvalue weighted by molar-refractivity contribution is 7.89. The van der Waals surface area contributed by atoms with E-state index < -0.39 is 21.0 Å². The number of hydrogen-bond acceptors (Lipinski definition) is 7. The van der Waals surface area contributed by atoms with Gasteiger partial charge < -0.3 is 14.7 Å². The van der Waals surface area contributed by atoms with Crippen molar-refractivity contribution in [2.75, 3.05) is 58.8 Å². The molecule has 29 heavy (non-hydrogen) atoms. The van der Waals surface area contributed by atoms with Crippen LogP contribution in [0.3, 0.4) is 0 Å². The molecule has 3 rings (SSSR count). The Morgan fingerprint density at radius 1 is 1.17 bits per heavy atom. The quantitative estimate of drug-likeness (QED) is 0.502. The second kappa shape index (κ2) is 8.25. The summed E-state index contributed by atoms with van der Waals surface area (Å²) >= 11 is 0. The normalized spacial score (nSPS) is 21.3. The van der Waals surface area contributed by atoms with E-state index in [0.29, 0.717) is 39.1 Å². The molecule has 2 saturated heterocycles. The Kier molecular flexibility index (Phi) is 6.11. The SMILES string of the molecule is CN1CCN(S(=O)(=O)c2ccc(N3CCCC3C(=O)N(C)C)c([N+](=O)[O-])c2)CC1. The van der Waals surface area contributed by atoms with E-state index in [2.05, 4.69) is 0 Å². The van der Waals surface area contributed by atoms with Crippen molar-refractivity contribution < 1.29 is 18.1 Å². The van der Waals surface area contributed by atoms with Gasteiger partial charge in [0.15, 0.2) is 0 Å². The summed E-state index contributed by atoms with van der Waals surface area (Å²) in [4.78, 5) is 28.8. The minimum Gasteiger partial charge on any atom is -0.354 e. The molecule has 0 N–H and O–H groups in total. The van der Waals surface area contributed by atoms with Crippen molar-refractivity contribution in [3.63, 3.8) is 0 Å². The average Bonchev–Trinajstić information content (AvgIpc) is 3.16. The molecule has 10 nitrogen and oxygen atoms in total. The van der Waals surface area contributed by atoms with Crippen LogP contribution in [0.2, 0.25) is 0 Å². The Balaban J connectivity index is 1.96. The van der Waals surface area contributed by atoms with E-state index in [0.717, 1.165) is 12.5 Å². The van der Waals surface area contributed by atoms with E-state index in [1.54, 1.807) is 19.0 Å². The summed E-state index contributed by atoms with van der Waals surface area (Å²) in [6.07, 6.45) is 1.35. The molecule has 2 aliphatic rings. The molecule has 0 radical (unpaired) electrons. The fraction of sp³-hybridized carbons (Fsp3) is 0.611. The number of amides is 1. The maximum absolute atomic E-state index is 13.0. The number of rotatable bonds is 5. The first-order valence-corrected chi connectivity index (χ1v) is 11.0. The monoisotopic (exact) mass is 425 g/mol. The van der Waals surface area contributed by atoms with Gasteiger partial charge in [0.2, 0.25) is 15.9 Å². The first kappa shape index (κ1) is 21.5. The van der Waals surface area contributed by atoms with Crippen LogP contribution in [0.4, 0.5) is 11.4 Å². The number of nitro benzene ring substituents is 1. The summed E-state index contributed by atoms with van der Waals surface area (Å²) in [5.41, 5.74) is -0.0105. The van der Waals surface area contributed by atoms with E-state index in [4.69, 9.17) is 0 Å². The zero-order chi connectivity index (χ0) is 21.3. The number of carbonyl (C=O) groups excluding carboxylic acids is 1. The highest BCUT2D eigenvalue weighted by Crippen LogP contribution is 2.36. The van der Waals surface area contributed by atoms with Crippen molar-refractivity contribution in [1.82, 2.24) is 14.1 Å². The van der Waals surface area contributed by atoms with E-state index >= 15 is 0 Å². The highest BCUT2D eigenvalue weighted by atomic mass is 32.2. The van der Waals surface area contributed by atoms with Crippen LogP contribution in [0.15, 0.2) is 23.1 Å². The minimum absolute atomic E-state index is 0.0906. The molecule has 160 valence electrons. The molecule has 1 atom stereocenters. The van der Waals surface area contributed by atoms with Crippen molar-refractivity contribution >= 4 is 27.3 Å². The molecular formula is C18H27N5O5S. The summed E-state index contributed by atoms with van der Waals surface area (Å²) in [6, 6.07) is 3.51. The molecule has 0 bridgehead atoms. The first-order chi connectivity index (χ1) is 13.6. The van der Waals surface area contributed by atoms with Gasteiger partial charge in [-0.25, -0.2) is 8.42 Å². The van der Waals surface area contributed by atoms with Gasteiger partial charge in [0.05, 0.1) is 9.82 Å². The fourth-order valence-electron chi connectivity index (χ4n) is 3.84. The number of benzene rings is 1. The summed E-state index contributed by atoms with van der Waals surface area (Å²) in [7, 11) is 1.41. The topological polar surface area (TPSA) is 107 Å². The van der Waals surface area contributed by atoms with Crippen LogP contribution in [0, 0.1) is 10.1 Å². The number of piperazine rings is 1. The molecule has 1 amide bonds. The number of carbonyl (C=O) groups is 1. The summed E-state index contributed by atoms with van der Waals surface area (Å²) in [5.74, 6) is -0.120. The van der Waals surface area contributed by atoms with Gasteiger partial charge in [0.25, 0.3) is 5.69 Å². The maximum Gasteiger partial charge on any atom is 0.293 e. The maximum atomic E-state index is 13.0. The lowest BCUT2D eigenvalue weighted by molar-refractivity contribution is -0.384. The van der Waals surface area contributed by atoms with Crippen LogP contribution in [0.1, 0.15) is 12.8 Å². The van der Waals surface area contributed by atoms with Crippen LogP contribution in [0.5, 0.6) is 0 Å². The fourth-order valence-corrected chi connectivity index (χ4v) is 5.28. The van der Waals surface area contributed by atoms with Gasteiger partial charge in [-0.15, -0.1) is 0 Å². The smallest absolute Gasteiger partial charge is 0.293 e. The Morgan fingerprint density at radius 3 is 2.41 bits per heavy atom. The summed E-state index contributed by atoms with van der Waals surface area (Å²) in [5, 5.41) is 11.8. The van der Waals surface area contributed by atoms with Crippen molar-refractivity contribution in [3.8, 4) is 0 Å². The number of anilines is 1. The van der Waals surface area contributed by atoms with Gasteiger partial charge >= 0.3 is 0 Å². The Hall–Kier alpha value is -2.24. The summed E-state index contributed by atoms with van der Waals surface area (Å²) < 4.78 is 27.3. The van der Waals surface area contributed by atoms with Crippen molar-refractivity contribution in [2.45, 2.75) is 23.8 Å². The van der Waals surface area contributed by atoms with Gasteiger partial charge in [0.1, 0.15) is 11.7 Å². The van der Waals surface area contributed by atoms with E-state index in [9.17, 15) is 23.3 Å². The Bertz CT molecular complexity index is 896. The highest BCUT2D eigenvalue weighted by Gasteiger charge is 2.36. The van der Waals surface area contributed by atoms with Crippen molar-refractivity contribution in [3.05, 3.63) is 28.3 Å². The second-order valence-corrected chi connectivity index (χ2v) is 9.64. The van der Waals surface area contributed by atoms with Crippen molar-refractivity contribution in [2.24, 2.45) is 0 Å². The van der Waals surface area contributed by atoms with Gasteiger partial charge in [-0.1, -0.05) is 0 Å². The molecule has 2 fully saturated rings. The third kappa shape index (κ3) is 4.21. The standard InChI is InChI=1S/C18H27N5O5S/c1-19(2)18(24)16-5-4-8-22(16)15-7-6-14(13-17(15)23(25)26)29(27,28)21-11-9-20(3)10-12-21/h6-7,13,16H,4-5,8-12H2,1-3H3. The van der Waals surface area contributed by atoms with Crippen LogP contribution in [-0.4, -0.2) is 93.3 Å². The summed E-state index contributed by atoms with van der Waals surface area (Å²) in [6.45, 7) is 2.43. The van der Waals surface area contributed by atoms with Crippen LogP contribution >= 0.6 is 0 Å². The molecule has 1 aromatic rings. The third-order valence-electron chi connectivity index (χ3n) is 5.53. The lowest BCUT2D eigenvalue weighted by Gasteiger charge is -2.31. The molecule has 11 heteroatoms. The molecule has 1 aromatic carbocycles.